The van der Waals surface area contributed by atoms with Gasteiger partial charge in [-0.1, -0.05) is 35.5 Å². The van der Waals surface area contributed by atoms with Gasteiger partial charge in [-0.2, -0.15) is 0 Å². The Morgan fingerprint density at radius 2 is 1.65 bits per heavy atom. The maximum Gasteiger partial charge on any atom is 0.0830 e. The molecule has 0 bridgehead atoms. The molecule has 0 spiro atoms. The predicted octanol–water partition coefficient (Wildman–Crippen LogP) is 2.51. The topological polar surface area (TPSA) is 43.6 Å². The van der Waals surface area contributed by atoms with Gasteiger partial charge in [-0.3, -0.25) is 4.98 Å². The maximum absolute atomic E-state index is 4.22. The minimum Gasteiger partial charge on any atom is -0.265 e. The molecular weight excluding hydrogens is 248 g/mol. The Labute approximate surface area is 118 Å². The molecule has 2 aromatic heterocycles. The molecule has 0 aliphatic heterocycles. The van der Waals surface area contributed by atoms with E-state index < -0.39 is 0 Å². The SMILES string of the molecule is c1ccc(Cn2cc(CCc3ccncc3)nn2)cc1. The van der Waals surface area contributed by atoms with Crippen LogP contribution in [-0.2, 0) is 19.4 Å². The van der Waals surface area contributed by atoms with E-state index in [1.807, 2.05) is 53.6 Å². The van der Waals surface area contributed by atoms with Gasteiger partial charge in [0.1, 0.15) is 0 Å². The van der Waals surface area contributed by atoms with Gasteiger partial charge < -0.3 is 0 Å². The average molecular weight is 264 g/mol. The molecule has 0 N–H and O–H groups in total. The number of aromatic nitrogens is 4. The molecule has 1 aromatic carbocycles. The molecule has 20 heavy (non-hydrogen) atoms. The van der Waals surface area contributed by atoms with Crippen LogP contribution in [0.2, 0.25) is 0 Å². The van der Waals surface area contributed by atoms with Gasteiger partial charge in [0.25, 0.3) is 0 Å². The minimum absolute atomic E-state index is 0.767. The summed E-state index contributed by atoms with van der Waals surface area (Å²) in [5, 5.41) is 8.40. The molecule has 0 saturated heterocycles. The molecule has 100 valence electrons. The number of aryl methyl sites for hydroxylation is 2. The maximum atomic E-state index is 4.22. The first-order valence-corrected chi connectivity index (χ1v) is 6.72. The first-order valence-electron chi connectivity index (χ1n) is 6.72. The summed E-state index contributed by atoms with van der Waals surface area (Å²) < 4.78 is 1.89. The lowest BCUT2D eigenvalue weighted by Crippen LogP contribution is -1.99. The first kappa shape index (κ1) is 12.5. The Bertz CT molecular complexity index is 647. The molecule has 0 saturated carbocycles. The van der Waals surface area contributed by atoms with E-state index >= 15 is 0 Å². The van der Waals surface area contributed by atoms with Crippen LogP contribution in [0, 0.1) is 0 Å². The molecule has 3 aromatic rings. The Balaban J connectivity index is 1.60. The highest BCUT2D eigenvalue weighted by atomic mass is 15.4. The zero-order valence-corrected chi connectivity index (χ0v) is 11.2. The highest BCUT2D eigenvalue weighted by molar-refractivity contribution is 5.15. The lowest BCUT2D eigenvalue weighted by molar-refractivity contribution is 0.649. The van der Waals surface area contributed by atoms with E-state index in [0.29, 0.717) is 0 Å². The summed E-state index contributed by atoms with van der Waals surface area (Å²) in [5.41, 5.74) is 3.54. The fourth-order valence-electron chi connectivity index (χ4n) is 2.12. The lowest BCUT2D eigenvalue weighted by Gasteiger charge is -1.99. The molecule has 0 unspecified atom stereocenters. The molecule has 0 aliphatic rings. The van der Waals surface area contributed by atoms with Gasteiger partial charge in [0, 0.05) is 18.6 Å². The van der Waals surface area contributed by atoms with E-state index in [-0.39, 0.29) is 0 Å². The van der Waals surface area contributed by atoms with Crippen molar-refractivity contribution >= 4 is 0 Å². The van der Waals surface area contributed by atoms with Gasteiger partial charge in [-0.05, 0) is 36.1 Å². The lowest BCUT2D eigenvalue weighted by atomic mass is 10.1. The van der Waals surface area contributed by atoms with Crippen molar-refractivity contribution in [2.75, 3.05) is 0 Å². The smallest absolute Gasteiger partial charge is 0.0830 e. The second-order valence-electron chi connectivity index (χ2n) is 4.75. The van der Waals surface area contributed by atoms with Crippen molar-refractivity contribution in [3.63, 3.8) is 0 Å². The summed E-state index contributed by atoms with van der Waals surface area (Å²) in [6.07, 6.45) is 7.53. The molecule has 2 heterocycles. The summed E-state index contributed by atoms with van der Waals surface area (Å²) in [6, 6.07) is 14.4. The molecule has 0 fully saturated rings. The second kappa shape index (κ2) is 6.10. The van der Waals surface area contributed by atoms with E-state index in [1.54, 1.807) is 0 Å². The first-order chi connectivity index (χ1) is 9.90. The van der Waals surface area contributed by atoms with Crippen LogP contribution in [0.3, 0.4) is 0 Å². The van der Waals surface area contributed by atoms with Crippen LogP contribution in [0.5, 0.6) is 0 Å². The van der Waals surface area contributed by atoms with E-state index in [9.17, 15) is 0 Å². The summed E-state index contributed by atoms with van der Waals surface area (Å²) >= 11 is 0. The van der Waals surface area contributed by atoms with Crippen molar-refractivity contribution in [2.24, 2.45) is 0 Å². The monoisotopic (exact) mass is 264 g/mol. The third-order valence-electron chi connectivity index (χ3n) is 3.19. The van der Waals surface area contributed by atoms with E-state index in [1.165, 1.54) is 11.1 Å². The second-order valence-corrected chi connectivity index (χ2v) is 4.75. The van der Waals surface area contributed by atoms with Gasteiger partial charge in [-0.25, -0.2) is 4.68 Å². The number of benzene rings is 1. The molecule has 0 aliphatic carbocycles. The summed E-state index contributed by atoms with van der Waals surface area (Å²) in [6.45, 7) is 0.767. The van der Waals surface area contributed by atoms with Gasteiger partial charge in [0.2, 0.25) is 0 Å². The predicted molar refractivity (Wildman–Crippen MR) is 77.2 cm³/mol. The molecule has 4 heteroatoms. The zero-order chi connectivity index (χ0) is 13.6. The third kappa shape index (κ3) is 3.29. The quantitative estimate of drug-likeness (QED) is 0.711. The Morgan fingerprint density at radius 3 is 2.45 bits per heavy atom. The fourth-order valence-corrected chi connectivity index (χ4v) is 2.12. The molecule has 3 rings (SSSR count). The van der Waals surface area contributed by atoms with Gasteiger partial charge in [-0.15, -0.1) is 5.10 Å². The zero-order valence-electron chi connectivity index (χ0n) is 11.2. The Kier molecular flexibility index (Phi) is 3.83. The van der Waals surface area contributed by atoms with E-state index in [0.717, 1.165) is 25.1 Å². The largest absolute Gasteiger partial charge is 0.265 e. The highest BCUT2D eigenvalue weighted by Gasteiger charge is 2.02. The number of pyridine rings is 1. The van der Waals surface area contributed by atoms with Crippen molar-refractivity contribution < 1.29 is 0 Å². The van der Waals surface area contributed by atoms with Crippen molar-refractivity contribution in [3.8, 4) is 0 Å². The van der Waals surface area contributed by atoms with Crippen molar-refractivity contribution in [3.05, 3.63) is 77.9 Å². The fraction of sp³-hybridized carbons (Fsp3) is 0.188. The minimum atomic E-state index is 0.767. The molecule has 0 radical (unpaired) electrons. The van der Waals surface area contributed by atoms with Crippen LogP contribution in [0.4, 0.5) is 0 Å². The van der Waals surface area contributed by atoms with Crippen molar-refractivity contribution in [1.82, 2.24) is 20.0 Å². The number of nitrogens with zero attached hydrogens (tertiary/aromatic N) is 4. The molecule has 0 amide bonds. The summed E-state index contributed by atoms with van der Waals surface area (Å²) in [4.78, 5) is 4.02. The summed E-state index contributed by atoms with van der Waals surface area (Å²) in [5.74, 6) is 0. The Hall–Kier alpha value is -2.49. The number of hydrogen-bond acceptors (Lipinski definition) is 3. The summed E-state index contributed by atoms with van der Waals surface area (Å²) in [7, 11) is 0. The van der Waals surface area contributed by atoms with Crippen molar-refractivity contribution in [2.45, 2.75) is 19.4 Å². The normalized spacial score (nSPS) is 10.6. The van der Waals surface area contributed by atoms with Gasteiger partial charge in [0.15, 0.2) is 0 Å². The standard InChI is InChI=1S/C16H16N4/c1-2-4-15(5-3-1)12-20-13-16(18-19-20)7-6-14-8-10-17-11-9-14/h1-5,8-11,13H,6-7,12H2. The van der Waals surface area contributed by atoms with Crippen LogP contribution in [-0.4, -0.2) is 20.0 Å². The molecular formula is C16H16N4. The average Bonchev–Trinajstić information content (AvgIpc) is 2.95. The molecule has 0 atom stereocenters. The molecule has 4 nitrogen and oxygen atoms in total. The third-order valence-corrected chi connectivity index (χ3v) is 3.19. The highest BCUT2D eigenvalue weighted by Crippen LogP contribution is 2.05. The number of rotatable bonds is 5. The van der Waals surface area contributed by atoms with Crippen LogP contribution in [0.25, 0.3) is 0 Å². The van der Waals surface area contributed by atoms with Crippen LogP contribution in [0.15, 0.2) is 61.1 Å². The van der Waals surface area contributed by atoms with Crippen LogP contribution < -0.4 is 0 Å². The van der Waals surface area contributed by atoms with E-state index in [2.05, 4.69) is 27.4 Å². The van der Waals surface area contributed by atoms with Gasteiger partial charge >= 0.3 is 0 Å². The van der Waals surface area contributed by atoms with Crippen LogP contribution in [0.1, 0.15) is 16.8 Å². The van der Waals surface area contributed by atoms with Crippen LogP contribution >= 0.6 is 0 Å². The Morgan fingerprint density at radius 1 is 0.850 bits per heavy atom. The van der Waals surface area contributed by atoms with Gasteiger partial charge in [0.05, 0.1) is 12.2 Å². The van der Waals surface area contributed by atoms with E-state index in [4.69, 9.17) is 0 Å². The number of hydrogen-bond donors (Lipinski definition) is 0. The van der Waals surface area contributed by atoms with Crippen molar-refractivity contribution in [1.29, 1.82) is 0 Å².